The number of aryl methyl sites for hydroxylation is 1. The molecule has 2 aromatic rings. The minimum atomic E-state index is -0.992. The van der Waals surface area contributed by atoms with Crippen molar-refractivity contribution in [2.75, 3.05) is 11.9 Å². The lowest BCUT2D eigenvalue weighted by molar-refractivity contribution is -0.144. The van der Waals surface area contributed by atoms with Gasteiger partial charge in [0.2, 0.25) is 0 Å². The average Bonchev–Trinajstić information content (AvgIpc) is 3.17. The van der Waals surface area contributed by atoms with Crippen LogP contribution in [0.25, 0.3) is 0 Å². The van der Waals surface area contributed by atoms with Crippen LogP contribution >= 0.6 is 0 Å². The van der Waals surface area contributed by atoms with E-state index in [-0.39, 0.29) is 17.6 Å². The van der Waals surface area contributed by atoms with Gasteiger partial charge in [-0.15, -0.1) is 0 Å². The smallest absolute Gasteiger partial charge is 0.326 e. The molecular weight excluding hydrogens is 348 g/mol. The van der Waals surface area contributed by atoms with E-state index in [1.165, 1.54) is 11.2 Å². The van der Waals surface area contributed by atoms with Gasteiger partial charge in [-0.3, -0.25) is 9.59 Å². The number of carboxylic acid groups (broad SMARTS) is 1. The van der Waals surface area contributed by atoms with Gasteiger partial charge in [-0.25, -0.2) is 4.79 Å². The van der Waals surface area contributed by atoms with E-state index in [0.717, 1.165) is 12.0 Å². The fraction of sp³-hybridized carbons (Fsp3) is 0.350. The number of nitrogens with one attached hydrogen (secondary N) is 1. The Morgan fingerprint density at radius 2 is 2.04 bits per heavy atom. The Bertz CT molecular complexity index is 859. The topological polar surface area (TPSA) is 99.9 Å². The molecule has 0 spiro atoms. The minimum absolute atomic E-state index is 0.169. The lowest BCUT2D eigenvalue weighted by Gasteiger charge is -2.36. The zero-order valence-electron chi connectivity index (χ0n) is 15.3. The normalized spacial score (nSPS) is 19.6. The van der Waals surface area contributed by atoms with E-state index in [4.69, 9.17) is 4.42 Å². The van der Waals surface area contributed by atoms with Gasteiger partial charge in [0.1, 0.15) is 6.04 Å². The van der Waals surface area contributed by atoms with Crippen LogP contribution in [0.15, 0.2) is 41.0 Å². The molecule has 1 fully saturated rings. The Balaban J connectivity index is 1.83. The number of anilines is 1. The Hall–Kier alpha value is -3.09. The molecule has 2 atom stereocenters. The highest BCUT2D eigenvalue weighted by molar-refractivity contribution is 6.04. The number of likely N-dealkylation sites (tertiary alicyclic amines) is 1. The summed E-state index contributed by atoms with van der Waals surface area (Å²) in [7, 11) is 0. The summed E-state index contributed by atoms with van der Waals surface area (Å²) in [5, 5.41) is 12.2. The number of benzene rings is 1. The Labute approximate surface area is 157 Å². The highest BCUT2D eigenvalue weighted by atomic mass is 16.4. The zero-order chi connectivity index (χ0) is 19.6. The fourth-order valence-electron chi connectivity index (χ4n) is 3.27. The first-order valence-corrected chi connectivity index (χ1v) is 8.86. The van der Waals surface area contributed by atoms with Gasteiger partial charge in [-0.1, -0.05) is 13.0 Å². The van der Waals surface area contributed by atoms with Crippen molar-refractivity contribution in [2.24, 2.45) is 5.92 Å². The first-order valence-electron chi connectivity index (χ1n) is 8.86. The highest BCUT2D eigenvalue weighted by Crippen LogP contribution is 2.26. The molecule has 2 unspecified atom stereocenters. The largest absolute Gasteiger partial charge is 0.480 e. The molecule has 142 valence electrons. The number of carbonyl (C=O) groups excluding carboxylic acids is 2. The molecule has 1 aromatic carbocycles. The van der Waals surface area contributed by atoms with Gasteiger partial charge in [0.05, 0.1) is 6.26 Å². The van der Waals surface area contributed by atoms with Gasteiger partial charge in [0.25, 0.3) is 11.8 Å². The second-order valence-corrected chi connectivity index (χ2v) is 6.94. The number of furan rings is 1. The van der Waals surface area contributed by atoms with Crippen molar-refractivity contribution in [2.45, 2.75) is 32.7 Å². The number of rotatable bonds is 4. The number of nitrogens with zero attached hydrogens (tertiary/aromatic N) is 1. The van der Waals surface area contributed by atoms with Gasteiger partial charge in [-0.05, 0) is 55.5 Å². The van der Waals surface area contributed by atoms with E-state index in [0.29, 0.717) is 24.2 Å². The maximum Gasteiger partial charge on any atom is 0.326 e. The number of amides is 2. The highest BCUT2D eigenvalue weighted by Gasteiger charge is 2.35. The van der Waals surface area contributed by atoms with Crippen LogP contribution in [0.5, 0.6) is 0 Å². The minimum Gasteiger partial charge on any atom is -0.480 e. The molecule has 3 rings (SSSR count). The Kier molecular flexibility index (Phi) is 5.30. The molecule has 0 aliphatic carbocycles. The summed E-state index contributed by atoms with van der Waals surface area (Å²) < 4.78 is 5.08. The number of aliphatic carboxylic acids is 1. The van der Waals surface area contributed by atoms with Gasteiger partial charge >= 0.3 is 5.97 Å². The molecule has 7 nitrogen and oxygen atoms in total. The van der Waals surface area contributed by atoms with Crippen molar-refractivity contribution in [1.82, 2.24) is 4.90 Å². The lowest BCUT2D eigenvalue weighted by Crippen LogP contribution is -2.49. The molecule has 0 radical (unpaired) electrons. The summed E-state index contributed by atoms with van der Waals surface area (Å²) in [6, 6.07) is 7.29. The summed E-state index contributed by atoms with van der Waals surface area (Å²) in [5.74, 6) is -1.32. The molecule has 1 saturated heterocycles. The summed E-state index contributed by atoms with van der Waals surface area (Å²) in [5.41, 5.74) is 1.61. The van der Waals surface area contributed by atoms with Crippen LogP contribution in [-0.2, 0) is 4.79 Å². The van der Waals surface area contributed by atoms with Crippen molar-refractivity contribution in [3.05, 3.63) is 53.5 Å². The number of carbonyl (C=O) groups is 3. The molecule has 0 bridgehead atoms. The van der Waals surface area contributed by atoms with Crippen LogP contribution in [0.2, 0.25) is 0 Å². The standard InChI is InChI=1S/C20H22N2O5/c1-12-7-8-22(16(10-12)20(25)26)19(24)14-6-5-13(2)15(11-14)21-18(23)17-4-3-9-27-17/h3-6,9,11-12,16H,7-8,10H2,1-2H3,(H,21,23)(H,25,26). The SMILES string of the molecule is Cc1ccc(C(=O)N2CCC(C)CC2C(=O)O)cc1NC(=O)c1ccco1. The van der Waals surface area contributed by atoms with E-state index in [1.54, 1.807) is 30.3 Å². The summed E-state index contributed by atoms with van der Waals surface area (Å²) in [6.45, 7) is 4.21. The Morgan fingerprint density at radius 3 is 2.70 bits per heavy atom. The third-order valence-electron chi connectivity index (χ3n) is 4.89. The molecule has 1 aromatic heterocycles. The second-order valence-electron chi connectivity index (χ2n) is 6.94. The molecule has 2 heterocycles. The number of hydrogen-bond donors (Lipinski definition) is 2. The number of piperidine rings is 1. The third kappa shape index (κ3) is 4.02. The predicted octanol–water partition coefficient (Wildman–Crippen LogP) is 3.17. The summed E-state index contributed by atoms with van der Waals surface area (Å²) >= 11 is 0. The van der Waals surface area contributed by atoms with E-state index >= 15 is 0 Å². The predicted molar refractivity (Wildman–Crippen MR) is 98.7 cm³/mol. The molecule has 2 amide bonds. The quantitative estimate of drug-likeness (QED) is 0.861. The van der Waals surface area contributed by atoms with E-state index in [9.17, 15) is 19.5 Å². The molecule has 27 heavy (non-hydrogen) atoms. The lowest BCUT2D eigenvalue weighted by atomic mass is 9.91. The molecule has 7 heteroatoms. The van der Waals surface area contributed by atoms with Crippen LogP contribution in [0, 0.1) is 12.8 Å². The Morgan fingerprint density at radius 1 is 1.26 bits per heavy atom. The molecule has 2 N–H and O–H groups in total. The van der Waals surface area contributed by atoms with Crippen LogP contribution in [0.4, 0.5) is 5.69 Å². The van der Waals surface area contributed by atoms with Gasteiger partial charge < -0.3 is 19.7 Å². The maximum atomic E-state index is 12.9. The van der Waals surface area contributed by atoms with Crippen molar-refractivity contribution in [1.29, 1.82) is 0 Å². The van der Waals surface area contributed by atoms with Crippen LogP contribution in [0.1, 0.15) is 46.2 Å². The van der Waals surface area contributed by atoms with Gasteiger partial charge in [0, 0.05) is 17.8 Å². The van der Waals surface area contributed by atoms with Gasteiger partial charge in [-0.2, -0.15) is 0 Å². The second kappa shape index (κ2) is 7.65. The summed E-state index contributed by atoms with van der Waals surface area (Å²) in [6.07, 6.45) is 2.61. The maximum absolute atomic E-state index is 12.9. The fourth-order valence-corrected chi connectivity index (χ4v) is 3.27. The monoisotopic (exact) mass is 370 g/mol. The molecule has 1 aliphatic rings. The molecular formula is C20H22N2O5. The summed E-state index contributed by atoms with van der Waals surface area (Å²) in [4.78, 5) is 38.1. The van der Waals surface area contributed by atoms with Crippen LogP contribution in [0.3, 0.4) is 0 Å². The van der Waals surface area contributed by atoms with E-state index in [1.807, 2.05) is 13.8 Å². The number of hydrogen-bond acceptors (Lipinski definition) is 4. The van der Waals surface area contributed by atoms with E-state index < -0.39 is 17.9 Å². The van der Waals surface area contributed by atoms with Crippen molar-refractivity contribution in [3.8, 4) is 0 Å². The van der Waals surface area contributed by atoms with Crippen molar-refractivity contribution in [3.63, 3.8) is 0 Å². The molecule has 0 saturated carbocycles. The number of carboxylic acids is 1. The van der Waals surface area contributed by atoms with Gasteiger partial charge in [0.15, 0.2) is 5.76 Å². The van der Waals surface area contributed by atoms with Crippen LogP contribution < -0.4 is 5.32 Å². The van der Waals surface area contributed by atoms with Crippen molar-refractivity contribution < 1.29 is 23.9 Å². The van der Waals surface area contributed by atoms with Crippen LogP contribution in [-0.4, -0.2) is 40.4 Å². The van der Waals surface area contributed by atoms with Crippen molar-refractivity contribution >= 4 is 23.5 Å². The average molecular weight is 370 g/mol. The van der Waals surface area contributed by atoms with E-state index in [2.05, 4.69) is 5.32 Å². The zero-order valence-corrected chi connectivity index (χ0v) is 15.3. The first-order chi connectivity index (χ1) is 12.9. The third-order valence-corrected chi connectivity index (χ3v) is 4.89. The molecule has 1 aliphatic heterocycles. The first kappa shape index (κ1) is 18.7.